The number of carbonyl (C=O) groups is 1. The van der Waals surface area contributed by atoms with E-state index in [1.165, 1.54) is 19.2 Å². The van der Waals surface area contributed by atoms with Crippen LogP contribution in [0.2, 0.25) is 10.0 Å². The molecule has 162 valence electrons. The van der Waals surface area contributed by atoms with Crippen LogP contribution in [0.1, 0.15) is 16.1 Å². The molecule has 32 heavy (non-hydrogen) atoms. The Kier molecular flexibility index (Phi) is 6.02. The van der Waals surface area contributed by atoms with Crippen LogP contribution < -0.4 is 10.5 Å². The first-order valence-corrected chi connectivity index (χ1v) is 9.86. The molecule has 0 atom stereocenters. The smallest absolute Gasteiger partial charge is 0.359 e. The van der Waals surface area contributed by atoms with Crippen LogP contribution in [0, 0.1) is 5.82 Å². The highest BCUT2D eigenvalue weighted by molar-refractivity contribution is 6.35. The molecule has 8 nitrogen and oxygen atoms in total. The number of nitrogens with two attached hydrogens (primary N) is 1. The average molecular weight is 474 g/mol. The van der Waals surface area contributed by atoms with E-state index < -0.39 is 11.8 Å². The number of hydrogen-bond donors (Lipinski definition) is 1. The minimum Gasteiger partial charge on any atom is -0.492 e. The molecule has 2 aromatic carbocycles. The summed E-state index contributed by atoms with van der Waals surface area (Å²) in [7, 11) is 1.27. The van der Waals surface area contributed by atoms with Crippen molar-refractivity contribution in [2.24, 2.45) is 0 Å². The van der Waals surface area contributed by atoms with Crippen LogP contribution in [0.15, 0.2) is 42.7 Å². The van der Waals surface area contributed by atoms with Crippen molar-refractivity contribution in [2.45, 2.75) is 6.61 Å². The molecule has 0 saturated heterocycles. The van der Waals surface area contributed by atoms with Gasteiger partial charge in [0.25, 0.3) is 0 Å². The minimum absolute atomic E-state index is 0.0652. The lowest BCUT2D eigenvalue weighted by Crippen LogP contribution is -2.12. The van der Waals surface area contributed by atoms with E-state index in [-0.39, 0.29) is 45.3 Å². The second-order valence-electron chi connectivity index (χ2n) is 6.49. The molecule has 2 N–H and O–H groups in total. The first-order valence-electron chi connectivity index (χ1n) is 9.11. The van der Waals surface area contributed by atoms with Crippen molar-refractivity contribution in [3.8, 4) is 17.1 Å². The number of halogens is 3. The molecule has 2 heterocycles. The van der Waals surface area contributed by atoms with Gasteiger partial charge in [-0.2, -0.15) is 0 Å². The fraction of sp³-hybridized carbons (Fsp3) is 0.0952. The SMILES string of the molecule is COc1c(Cl)ccc(-c2nc(N)c(Cl)c(C(=O)OCc3ccc4nccnc4c3)n2)c1F. The number of benzene rings is 2. The van der Waals surface area contributed by atoms with Crippen LogP contribution in [0.5, 0.6) is 5.75 Å². The minimum atomic E-state index is -0.856. The van der Waals surface area contributed by atoms with Crippen LogP contribution in [0.4, 0.5) is 10.2 Å². The van der Waals surface area contributed by atoms with Gasteiger partial charge < -0.3 is 15.2 Å². The summed E-state index contributed by atoms with van der Waals surface area (Å²) in [5, 5.41) is -0.139. The monoisotopic (exact) mass is 473 g/mol. The molecule has 4 aromatic rings. The maximum Gasteiger partial charge on any atom is 0.359 e. The Morgan fingerprint density at radius 2 is 1.84 bits per heavy atom. The molecule has 0 aliphatic rings. The fourth-order valence-electron chi connectivity index (χ4n) is 2.93. The van der Waals surface area contributed by atoms with Gasteiger partial charge in [0.2, 0.25) is 0 Å². The van der Waals surface area contributed by atoms with Crippen molar-refractivity contribution in [1.82, 2.24) is 19.9 Å². The lowest BCUT2D eigenvalue weighted by molar-refractivity contribution is 0.0466. The van der Waals surface area contributed by atoms with Crippen LogP contribution in [0.25, 0.3) is 22.4 Å². The first-order chi connectivity index (χ1) is 15.4. The zero-order chi connectivity index (χ0) is 22.8. The summed E-state index contributed by atoms with van der Waals surface area (Å²) in [6.45, 7) is -0.0793. The zero-order valence-corrected chi connectivity index (χ0v) is 18.0. The topological polar surface area (TPSA) is 113 Å². The molecule has 0 amide bonds. The van der Waals surface area contributed by atoms with Crippen LogP contribution in [0.3, 0.4) is 0 Å². The van der Waals surface area contributed by atoms with E-state index >= 15 is 0 Å². The summed E-state index contributed by atoms with van der Waals surface area (Å²) >= 11 is 12.1. The average Bonchev–Trinajstić information content (AvgIpc) is 2.79. The third kappa shape index (κ3) is 4.12. The summed E-state index contributed by atoms with van der Waals surface area (Å²) in [5.74, 6) is -2.24. The molecule has 11 heteroatoms. The summed E-state index contributed by atoms with van der Waals surface area (Å²) < 4.78 is 25.1. The largest absolute Gasteiger partial charge is 0.492 e. The molecule has 0 saturated carbocycles. The van der Waals surface area contributed by atoms with Gasteiger partial charge in [0.1, 0.15) is 17.4 Å². The molecule has 4 rings (SSSR count). The van der Waals surface area contributed by atoms with Crippen LogP contribution >= 0.6 is 23.2 Å². The van der Waals surface area contributed by atoms with Gasteiger partial charge in [-0.25, -0.2) is 19.2 Å². The van der Waals surface area contributed by atoms with E-state index in [4.69, 9.17) is 38.4 Å². The number of aromatic nitrogens is 4. The Hall–Kier alpha value is -3.56. The van der Waals surface area contributed by atoms with Gasteiger partial charge >= 0.3 is 5.97 Å². The van der Waals surface area contributed by atoms with Crippen LogP contribution in [-0.2, 0) is 11.3 Å². The summed E-state index contributed by atoms with van der Waals surface area (Å²) in [5.41, 5.74) is 7.49. The molecule has 0 aliphatic carbocycles. The number of esters is 1. The maximum atomic E-state index is 14.8. The number of nitrogen functional groups attached to an aromatic ring is 1. The Morgan fingerprint density at radius 3 is 2.59 bits per heavy atom. The Bertz CT molecular complexity index is 1350. The van der Waals surface area contributed by atoms with Crippen molar-refractivity contribution >= 4 is 46.0 Å². The molecule has 0 fully saturated rings. The number of nitrogens with zero attached hydrogens (tertiary/aromatic N) is 4. The molecule has 0 bridgehead atoms. The van der Waals surface area contributed by atoms with Gasteiger partial charge in [-0.3, -0.25) is 9.97 Å². The van der Waals surface area contributed by atoms with Gasteiger partial charge in [0.15, 0.2) is 23.1 Å². The number of carbonyl (C=O) groups excluding carboxylic acids is 1. The number of methoxy groups -OCH3 is 1. The maximum absolute atomic E-state index is 14.8. The number of fused-ring (bicyclic) bond motifs is 1. The van der Waals surface area contributed by atoms with Gasteiger partial charge in [0.05, 0.1) is 28.7 Å². The van der Waals surface area contributed by atoms with Crippen molar-refractivity contribution in [3.63, 3.8) is 0 Å². The molecule has 0 unspecified atom stereocenters. The predicted molar refractivity (Wildman–Crippen MR) is 117 cm³/mol. The van der Waals surface area contributed by atoms with E-state index in [1.807, 2.05) is 0 Å². The van der Waals surface area contributed by atoms with E-state index in [0.717, 1.165) is 0 Å². The van der Waals surface area contributed by atoms with Gasteiger partial charge in [-0.1, -0.05) is 29.3 Å². The highest BCUT2D eigenvalue weighted by atomic mass is 35.5. The summed E-state index contributed by atoms with van der Waals surface area (Å²) in [4.78, 5) is 29.1. The molecular formula is C21H14Cl2FN5O3. The van der Waals surface area contributed by atoms with Crippen molar-refractivity contribution in [3.05, 3.63) is 69.8 Å². The van der Waals surface area contributed by atoms with E-state index in [0.29, 0.717) is 16.6 Å². The highest BCUT2D eigenvalue weighted by Crippen LogP contribution is 2.35. The molecule has 0 spiro atoms. The van der Waals surface area contributed by atoms with Gasteiger partial charge in [-0.15, -0.1) is 0 Å². The summed E-state index contributed by atoms with van der Waals surface area (Å²) in [6.07, 6.45) is 3.15. The van der Waals surface area contributed by atoms with Crippen molar-refractivity contribution in [2.75, 3.05) is 12.8 Å². The predicted octanol–water partition coefficient (Wildman–Crippen LogP) is 4.48. The first kappa shape index (κ1) is 21.7. The second-order valence-corrected chi connectivity index (χ2v) is 7.28. The van der Waals surface area contributed by atoms with E-state index in [9.17, 15) is 9.18 Å². The number of ether oxygens (including phenoxy) is 2. The van der Waals surface area contributed by atoms with Crippen LogP contribution in [-0.4, -0.2) is 33.0 Å². The second kappa shape index (κ2) is 8.89. The lowest BCUT2D eigenvalue weighted by Gasteiger charge is -2.11. The molecule has 0 aliphatic heterocycles. The Labute approximate surface area is 191 Å². The van der Waals surface area contributed by atoms with Gasteiger partial charge in [-0.05, 0) is 29.8 Å². The van der Waals surface area contributed by atoms with Crippen molar-refractivity contribution in [1.29, 1.82) is 0 Å². The molecule has 0 radical (unpaired) electrons. The Morgan fingerprint density at radius 1 is 1.09 bits per heavy atom. The highest BCUT2D eigenvalue weighted by Gasteiger charge is 2.23. The van der Waals surface area contributed by atoms with E-state index in [1.54, 1.807) is 30.6 Å². The lowest BCUT2D eigenvalue weighted by atomic mass is 10.1. The molecular weight excluding hydrogens is 460 g/mol. The Balaban J connectivity index is 1.63. The quantitative estimate of drug-likeness (QED) is 0.422. The standard InChI is InChI=1S/C21H14Cl2FN5O3/c1-31-18-12(22)4-3-11(16(18)24)20-28-17(15(23)19(25)29-20)21(30)32-9-10-2-5-13-14(8-10)27-7-6-26-13/h2-8H,9H2,1H3,(H2,25,28,29). The van der Waals surface area contributed by atoms with E-state index in [2.05, 4.69) is 19.9 Å². The fourth-order valence-corrected chi connectivity index (χ4v) is 3.31. The third-order valence-corrected chi connectivity index (χ3v) is 5.14. The summed E-state index contributed by atoms with van der Waals surface area (Å²) in [6, 6.07) is 8.00. The number of anilines is 1. The zero-order valence-electron chi connectivity index (χ0n) is 16.5. The van der Waals surface area contributed by atoms with Crippen molar-refractivity contribution < 1.29 is 18.7 Å². The normalized spacial score (nSPS) is 10.9. The third-order valence-electron chi connectivity index (χ3n) is 4.47. The number of hydrogen-bond acceptors (Lipinski definition) is 8. The molecule has 2 aromatic heterocycles. The number of rotatable bonds is 5. The van der Waals surface area contributed by atoms with Gasteiger partial charge in [0, 0.05) is 12.4 Å².